The molecule has 3 aromatic rings. The summed E-state index contributed by atoms with van der Waals surface area (Å²) in [4.78, 5) is 4.61. The summed E-state index contributed by atoms with van der Waals surface area (Å²) in [6.07, 6.45) is 1.59. The summed E-state index contributed by atoms with van der Waals surface area (Å²) < 4.78 is 28.1. The number of benzene rings is 2. The van der Waals surface area contributed by atoms with Gasteiger partial charge in [-0.25, -0.2) is 17.7 Å². The molecular weight excluding hydrogens is 366 g/mol. The van der Waals surface area contributed by atoms with Gasteiger partial charge in [0.25, 0.3) is 0 Å². The van der Waals surface area contributed by atoms with Crippen LogP contribution in [0.1, 0.15) is 18.4 Å². The van der Waals surface area contributed by atoms with E-state index in [1.807, 2.05) is 48.5 Å². The van der Waals surface area contributed by atoms with E-state index in [2.05, 4.69) is 16.4 Å². The molecule has 0 atom stereocenters. The van der Waals surface area contributed by atoms with Crippen LogP contribution < -0.4 is 5.32 Å². The second-order valence-electron chi connectivity index (χ2n) is 6.55. The first-order valence-corrected chi connectivity index (χ1v) is 11.2. The van der Waals surface area contributed by atoms with Gasteiger partial charge in [0.1, 0.15) is 0 Å². The van der Waals surface area contributed by atoms with Gasteiger partial charge in [0, 0.05) is 19.1 Å². The first kappa shape index (κ1) is 17.5. The van der Waals surface area contributed by atoms with Gasteiger partial charge in [-0.1, -0.05) is 53.8 Å². The first-order chi connectivity index (χ1) is 12.6. The number of thiazole rings is 1. The van der Waals surface area contributed by atoms with Crippen molar-refractivity contribution in [3.63, 3.8) is 0 Å². The average molecular weight is 388 g/mol. The molecule has 26 heavy (non-hydrogen) atoms. The summed E-state index contributed by atoms with van der Waals surface area (Å²) in [5.74, 6) is 0.0732. The number of nitrogens with one attached hydrogen (secondary N) is 1. The van der Waals surface area contributed by atoms with Gasteiger partial charge in [0.2, 0.25) is 10.0 Å². The van der Waals surface area contributed by atoms with Gasteiger partial charge < -0.3 is 5.32 Å². The minimum Gasteiger partial charge on any atom is -0.359 e. The van der Waals surface area contributed by atoms with E-state index in [0.29, 0.717) is 13.1 Å². The molecule has 1 aliphatic heterocycles. The second kappa shape index (κ2) is 7.34. The van der Waals surface area contributed by atoms with Crippen LogP contribution >= 0.6 is 11.3 Å². The Morgan fingerprint density at radius 2 is 1.73 bits per heavy atom. The summed E-state index contributed by atoms with van der Waals surface area (Å²) in [5, 5.41) is 4.39. The largest absolute Gasteiger partial charge is 0.359 e. The van der Waals surface area contributed by atoms with Crippen molar-refractivity contribution in [1.82, 2.24) is 9.29 Å². The number of aromatic nitrogens is 1. The van der Waals surface area contributed by atoms with E-state index in [9.17, 15) is 8.42 Å². The Hall–Kier alpha value is -1.96. The van der Waals surface area contributed by atoms with Crippen molar-refractivity contribution in [1.29, 1.82) is 0 Å². The van der Waals surface area contributed by atoms with Gasteiger partial charge in [-0.3, -0.25) is 0 Å². The lowest BCUT2D eigenvalue weighted by molar-refractivity contribution is 0.329. The van der Waals surface area contributed by atoms with Crippen LogP contribution in [-0.4, -0.2) is 36.8 Å². The normalized spacial score (nSPS) is 16.8. The standard InChI is InChI=1S/C19H21N3O2S2/c23-26(24,14-15-6-2-1-3-7-15)22-12-10-16(11-13-22)20-19-21-17-8-4-5-9-18(17)25-19/h1-9,16H,10-14H2,(H,20,21). The number of hydrogen-bond acceptors (Lipinski definition) is 5. The highest BCUT2D eigenvalue weighted by atomic mass is 32.2. The third-order valence-corrected chi connectivity index (χ3v) is 7.48. The Balaban J connectivity index is 1.36. The maximum absolute atomic E-state index is 12.6. The summed E-state index contributed by atoms with van der Waals surface area (Å²) in [6, 6.07) is 17.7. The lowest BCUT2D eigenvalue weighted by Gasteiger charge is -2.31. The number of hydrogen-bond donors (Lipinski definition) is 1. The fourth-order valence-corrected chi connectivity index (χ4v) is 5.77. The molecule has 0 bridgehead atoms. The van der Waals surface area contributed by atoms with E-state index in [1.165, 1.54) is 0 Å². The van der Waals surface area contributed by atoms with E-state index < -0.39 is 10.0 Å². The molecule has 0 spiro atoms. The Labute approximate surface area is 157 Å². The molecule has 0 radical (unpaired) electrons. The quantitative estimate of drug-likeness (QED) is 0.725. The summed E-state index contributed by atoms with van der Waals surface area (Å²) in [6.45, 7) is 1.11. The lowest BCUT2D eigenvalue weighted by atomic mass is 10.1. The van der Waals surface area contributed by atoms with Gasteiger partial charge in [0.05, 0.1) is 16.0 Å². The summed E-state index contributed by atoms with van der Waals surface area (Å²) >= 11 is 1.64. The van der Waals surface area contributed by atoms with E-state index in [4.69, 9.17) is 0 Å². The van der Waals surface area contributed by atoms with Crippen LogP contribution in [0.15, 0.2) is 54.6 Å². The fraction of sp³-hybridized carbons (Fsp3) is 0.316. The van der Waals surface area contributed by atoms with Crippen LogP contribution in [-0.2, 0) is 15.8 Å². The highest BCUT2D eigenvalue weighted by molar-refractivity contribution is 7.88. The number of sulfonamides is 1. The number of para-hydroxylation sites is 1. The van der Waals surface area contributed by atoms with Crippen molar-refractivity contribution in [2.24, 2.45) is 0 Å². The molecule has 1 saturated heterocycles. The summed E-state index contributed by atoms with van der Waals surface area (Å²) in [7, 11) is -3.26. The predicted molar refractivity (Wildman–Crippen MR) is 107 cm³/mol. The van der Waals surface area contributed by atoms with E-state index in [-0.39, 0.29) is 11.8 Å². The number of rotatable bonds is 5. The molecule has 7 heteroatoms. The maximum atomic E-state index is 12.6. The number of nitrogens with zero attached hydrogens (tertiary/aromatic N) is 2. The lowest BCUT2D eigenvalue weighted by Crippen LogP contribution is -2.42. The number of fused-ring (bicyclic) bond motifs is 1. The molecule has 0 saturated carbocycles. The van der Waals surface area contributed by atoms with Gasteiger partial charge >= 0.3 is 0 Å². The molecule has 2 aromatic carbocycles. The molecule has 0 unspecified atom stereocenters. The molecule has 1 aliphatic rings. The molecule has 0 aliphatic carbocycles. The van der Waals surface area contributed by atoms with Crippen LogP contribution in [0.5, 0.6) is 0 Å². The Morgan fingerprint density at radius 3 is 2.46 bits per heavy atom. The molecular formula is C19H21N3O2S2. The third-order valence-electron chi connectivity index (χ3n) is 4.66. The number of piperidine rings is 1. The minimum atomic E-state index is -3.26. The Bertz CT molecular complexity index is 945. The average Bonchev–Trinajstić information content (AvgIpc) is 3.05. The summed E-state index contributed by atoms with van der Waals surface area (Å²) in [5.41, 5.74) is 1.84. The predicted octanol–water partition coefficient (Wildman–Crippen LogP) is 3.70. The molecule has 4 rings (SSSR count). The molecule has 1 fully saturated rings. The van der Waals surface area contributed by atoms with Crippen molar-refractivity contribution in [3.05, 3.63) is 60.2 Å². The van der Waals surface area contributed by atoms with Crippen LogP contribution in [0.4, 0.5) is 5.13 Å². The van der Waals surface area contributed by atoms with Gasteiger partial charge in [0.15, 0.2) is 5.13 Å². The third kappa shape index (κ3) is 3.90. The van der Waals surface area contributed by atoms with Gasteiger partial charge in [-0.05, 0) is 30.5 Å². The van der Waals surface area contributed by atoms with Gasteiger partial charge in [-0.2, -0.15) is 0 Å². The second-order valence-corrected chi connectivity index (χ2v) is 9.55. The zero-order valence-corrected chi connectivity index (χ0v) is 16.0. The molecule has 136 valence electrons. The molecule has 1 N–H and O–H groups in total. The topological polar surface area (TPSA) is 62.3 Å². The first-order valence-electron chi connectivity index (χ1n) is 8.74. The zero-order chi connectivity index (χ0) is 18.0. The molecule has 1 aromatic heterocycles. The van der Waals surface area contributed by atoms with E-state index in [0.717, 1.165) is 33.8 Å². The Morgan fingerprint density at radius 1 is 1.04 bits per heavy atom. The van der Waals surface area contributed by atoms with Gasteiger partial charge in [-0.15, -0.1) is 0 Å². The zero-order valence-electron chi connectivity index (χ0n) is 14.3. The highest BCUT2D eigenvalue weighted by Gasteiger charge is 2.28. The monoisotopic (exact) mass is 387 g/mol. The maximum Gasteiger partial charge on any atom is 0.218 e. The van der Waals surface area contributed by atoms with E-state index >= 15 is 0 Å². The fourth-order valence-electron chi connectivity index (χ4n) is 3.26. The number of anilines is 1. The molecule has 0 amide bonds. The van der Waals surface area contributed by atoms with E-state index in [1.54, 1.807) is 15.6 Å². The minimum absolute atomic E-state index is 0.0732. The van der Waals surface area contributed by atoms with Crippen LogP contribution in [0, 0.1) is 0 Å². The van der Waals surface area contributed by atoms with Crippen molar-refractivity contribution < 1.29 is 8.42 Å². The molecule has 2 heterocycles. The van der Waals surface area contributed by atoms with Crippen LogP contribution in [0.25, 0.3) is 10.2 Å². The van der Waals surface area contributed by atoms with Crippen molar-refractivity contribution in [3.8, 4) is 0 Å². The smallest absolute Gasteiger partial charge is 0.218 e. The highest BCUT2D eigenvalue weighted by Crippen LogP contribution is 2.28. The van der Waals surface area contributed by atoms with Crippen molar-refractivity contribution >= 4 is 36.7 Å². The van der Waals surface area contributed by atoms with Crippen molar-refractivity contribution in [2.45, 2.75) is 24.6 Å². The molecule has 5 nitrogen and oxygen atoms in total. The Kier molecular flexibility index (Phi) is 4.93. The van der Waals surface area contributed by atoms with Crippen LogP contribution in [0.3, 0.4) is 0 Å². The van der Waals surface area contributed by atoms with Crippen molar-refractivity contribution in [2.75, 3.05) is 18.4 Å². The van der Waals surface area contributed by atoms with Crippen LogP contribution in [0.2, 0.25) is 0 Å². The SMILES string of the molecule is O=S(=O)(Cc1ccccc1)N1CCC(Nc2nc3ccccc3s2)CC1.